The van der Waals surface area contributed by atoms with E-state index >= 15 is 0 Å². The van der Waals surface area contributed by atoms with Crippen LogP contribution in [0, 0.1) is 0 Å². The van der Waals surface area contributed by atoms with Crippen molar-refractivity contribution < 1.29 is 0 Å². The van der Waals surface area contributed by atoms with E-state index < -0.39 is 0 Å². The zero-order valence-electron chi connectivity index (χ0n) is 9.54. The number of nitrogens with zero attached hydrogens (tertiary/aromatic N) is 3. The van der Waals surface area contributed by atoms with E-state index in [1.807, 2.05) is 13.2 Å². The molecule has 0 aromatic carbocycles. The molecule has 0 aliphatic rings. The molecule has 0 radical (unpaired) electrons. The molecule has 4 nitrogen and oxygen atoms in total. The van der Waals surface area contributed by atoms with Crippen molar-refractivity contribution in [1.82, 2.24) is 20.3 Å². The van der Waals surface area contributed by atoms with Crippen molar-refractivity contribution in [2.45, 2.75) is 39.2 Å². The molecule has 1 aromatic rings. The predicted octanol–water partition coefficient (Wildman–Crippen LogP) is 1.14. The van der Waals surface area contributed by atoms with Crippen LogP contribution in [0.15, 0.2) is 6.20 Å². The lowest BCUT2D eigenvalue weighted by Gasteiger charge is -2.20. The third-order valence-corrected chi connectivity index (χ3v) is 1.92. The fourth-order valence-corrected chi connectivity index (χ4v) is 1.24. The summed E-state index contributed by atoms with van der Waals surface area (Å²) >= 11 is 0. The van der Waals surface area contributed by atoms with Gasteiger partial charge in [0.2, 0.25) is 0 Å². The summed E-state index contributed by atoms with van der Waals surface area (Å²) in [6, 6.07) is 0. The third-order valence-electron chi connectivity index (χ3n) is 1.92. The summed E-state index contributed by atoms with van der Waals surface area (Å²) in [4.78, 5) is 0. The van der Waals surface area contributed by atoms with Crippen molar-refractivity contribution in [3.05, 3.63) is 11.9 Å². The van der Waals surface area contributed by atoms with Crippen LogP contribution in [0.25, 0.3) is 0 Å². The van der Waals surface area contributed by atoms with Gasteiger partial charge in [0.1, 0.15) is 0 Å². The van der Waals surface area contributed by atoms with E-state index in [1.165, 1.54) is 0 Å². The Hall–Kier alpha value is -0.900. The van der Waals surface area contributed by atoms with Gasteiger partial charge < -0.3 is 5.32 Å². The molecule has 0 atom stereocenters. The second-order valence-corrected chi connectivity index (χ2v) is 4.66. The quantitative estimate of drug-likeness (QED) is 0.734. The molecule has 1 rings (SSSR count). The van der Waals surface area contributed by atoms with Crippen molar-refractivity contribution >= 4 is 0 Å². The second kappa shape index (κ2) is 4.55. The van der Waals surface area contributed by atoms with Crippen molar-refractivity contribution in [1.29, 1.82) is 0 Å². The van der Waals surface area contributed by atoms with Gasteiger partial charge in [0.15, 0.2) is 0 Å². The summed E-state index contributed by atoms with van der Waals surface area (Å²) in [5.74, 6) is 0. The van der Waals surface area contributed by atoms with Gasteiger partial charge in [0.05, 0.1) is 5.69 Å². The van der Waals surface area contributed by atoms with Gasteiger partial charge >= 0.3 is 0 Å². The van der Waals surface area contributed by atoms with Crippen molar-refractivity contribution in [3.8, 4) is 0 Å². The molecule has 0 aliphatic carbocycles. The fraction of sp³-hybridized carbons (Fsp3) is 0.800. The Morgan fingerprint density at radius 1 is 1.43 bits per heavy atom. The molecule has 0 spiro atoms. The highest BCUT2D eigenvalue weighted by Crippen LogP contribution is 2.00. The highest BCUT2D eigenvalue weighted by molar-refractivity contribution is 4.91. The minimum atomic E-state index is 0.211. The first-order valence-corrected chi connectivity index (χ1v) is 5.07. The molecule has 0 saturated heterocycles. The van der Waals surface area contributed by atoms with Crippen LogP contribution in [0.4, 0.5) is 0 Å². The summed E-state index contributed by atoms with van der Waals surface area (Å²) in [7, 11) is 1.89. The van der Waals surface area contributed by atoms with Crippen molar-refractivity contribution in [2.24, 2.45) is 7.05 Å². The zero-order chi connectivity index (χ0) is 10.6. The van der Waals surface area contributed by atoms with Crippen molar-refractivity contribution in [3.63, 3.8) is 0 Å². The van der Waals surface area contributed by atoms with Crippen LogP contribution in [0.2, 0.25) is 0 Å². The predicted molar refractivity (Wildman–Crippen MR) is 57.1 cm³/mol. The Morgan fingerprint density at radius 3 is 2.64 bits per heavy atom. The molecule has 0 saturated carbocycles. The Balaban J connectivity index is 2.16. The topological polar surface area (TPSA) is 42.7 Å². The minimum Gasteiger partial charge on any atom is -0.312 e. The monoisotopic (exact) mass is 196 g/mol. The largest absolute Gasteiger partial charge is 0.312 e. The van der Waals surface area contributed by atoms with E-state index in [0.29, 0.717) is 0 Å². The summed E-state index contributed by atoms with van der Waals surface area (Å²) < 4.78 is 1.74. The Labute approximate surface area is 85.7 Å². The molecule has 0 amide bonds. The van der Waals surface area contributed by atoms with E-state index in [2.05, 4.69) is 36.4 Å². The van der Waals surface area contributed by atoms with Gasteiger partial charge in [0, 0.05) is 18.8 Å². The second-order valence-electron chi connectivity index (χ2n) is 4.66. The first-order chi connectivity index (χ1) is 6.47. The van der Waals surface area contributed by atoms with E-state index in [4.69, 9.17) is 0 Å². The SMILES string of the molecule is Cn1cc(CCCNC(C)(C)C)nn1. The normalized spacial score (nSPS) is 12.0. The highest BCUT2D eigenvalue weighted by atomic mass is 15.4. The summed E-state index contributed by atoms with van der Waals surface area (Å²) in [5.41, 5.74) is 1.28. The van der Waals surface area contributed by atoms with E-state index in [1.54, 1.807) is 4.68 Å². The molecule has 0 unspecified atom stereocenters. The number of nitrogens with one attached hydrogen (secondary N) is 1. The maximum absolute atomic E-state index is 4.03. The molecule has 1 aromatic heterocycles. The first-order valence-electron chi connectivity index (χ1n) is 5.07. The Morgan fingerprint density at radius 2 is 2.14 bits per heavy atom. The average Bonchev–Trinajstić information content (AvgIpc) is 2.44. The average molecular weight is 196 g/mol. The number of aryl methyl sites for hydroxylation is 2. The summed E-state index contributed by atoms with van der Waals surface area (Å²) in [6.07, 6.45) is 4.07. The van der Waals surface area contributed by atoms with Crippen LogP contribution < -0.4 is 5.32 Å². The lowest BCUT2D eigenvalue weighted by molar-refractivity contribution is 0.422. The molecular formula is C10H20N4. The van der Waals surface area contributed by atoms with Gasteiger partial charge in [-0.3, -0.25) is 4.68 Å². The van der Waals surface area contributed by atoms with E-state index in [0.717, 1.165) is 25.1 Å². The first kappa shape index (κ1) is 11.2. The fourth-order valence-electron chi connectivity index (χ4n) is 1.24. The number of aromatic nitrogens is 3. The van der Waals surface area contributed by atoms with Gasteiger partial charge in [-0.05, 0) is 40.2 Å². The molecule has 4 heteroatoms. The molecule has 0 aliphatic heterocycles. The van der Waals surface area contributed by atoms with Gasteiger partial charge in [-0.2, -0.15) is 0 Å². The van der Waals surface area contributed by atoms with Crippen LogP contribution in [-0.4, -0.2) is 27.1 Å². The molecular weight excluding hydrogens is 176 g/mol. The maximum Gasteiger partial charge on any atom is 0.0827 e. The van der Waals surface area contributed by atoms with Crippen LogP contribution in [0.3, 0.4) is 0 Å². The number of hydrogen-bond acceptors (Lipinski definition) is 3. The van der Waals surface area contributed by atoms with Crippen molar-refractivity contribution in [2.75, 3.05) is 6.54 Å². The molecule has 80 valence electrons. The van der Waals surface area contributed by atoms with Crippen LogP contribution in [0.5, 0.6) is 0 Å². The van der Waals surface area contributed by atoms with E-state index in [9.17, 15) is 0 Å². The van der Waals surface area contributed by atoms with Gasteiger partial charge in [-0.1, -0.05) is 5.21 Å². The molecule has 0 bridgehead atoms. The van der Waals surface area contributed by atoms with Gasteiger partial charge in [-0.25, -0.2) is 0 Å². The summed E-state index contributed by atoms with van der Waals surface area (Å²) in [5, 5.41) is 11.4. The van der Waals surface area contributed by atoms with Gasteiger partial charge in [-0.15, -0.1) is 5.10 Å². The van der Waals surface area contributed by atoms with Crippen LogP contribution in [0.1, 0.15) is 32.9 Å². The minimum absolute atomic E-state index is 0.211. The Bertz CT molecular complexity index is 272. The molecule has 1 heterocycles. The van der Waals surface area contributed by atoms with Crippen LogP contribution in [-0.2, 0) is 13.5 Å². The summed E-state index contributed by atoms with van der Waals surface area (Å²) in [6.45, 7) is 7.56. The molecule has 14 heavy (non-hydrogen) atoms. The lowest BCUT2D eigenvalue weighted by Crippen LogP contribution is -2.36. The standard InChI is InChI=1S/C10H20N4/c1-10(2,3)11-7-5-6-9-8-14(4)13-12-9/h8,11H,5-7H2,1-4H3. The number of rotatable bonds is 4. The third kappa shape index (κ3) is 4.37. The van der Waals surface area contributed by atoms with Crippen LogP contribution >= 0.6 is 0 Å². The lowest BCUT2D eigenvalue weighted by atomic mass is 10.1. The van der Waals surface area contributed by atoms with Gasteiger partial charge in [0.25, 0.3) is 0 Å². The Kier molecular flexibility index (Phi) is 3.63. The number of hydrogen-bond donors (Lipinski definition) is 1. The highest BCUT2D eigenvalue weighted by Gasteiger charge is 2.07. The zero-order valence-corrected chi connectivity index (χ0v) is 9.54. The smallest absolute Gasteiger partial charge is 0.0827 e. The van der Waals surface area contributed by atoms with E-state index in [-0.39, 0.29) is 5.54 Å². The molecule has 1 N–H and O–H groups in total. The molecule has 0 fully saturated rings. The maximum atomic E-state index is 4.03.